The van der Waals surface area contributed by atoms with Crippen molar-refractivity contribution < 1.29 is 19.0 Å². The van der Waals surface area contributed by atoms with Crippen molar-refractivity contribution in [2.24, 2.45) is 0 Å². The number of benzene rings is 1. The van der Waals surface area contributed by atoms with Crippen LogP contribution in [0.25, 0.3) is 10.2 Å². The summed E-state index contributed by atoms with van der Waals surface area (Å²) in [6.07, 6.45) is 0.804. The molecule has 0 bridgehead atoms. The first kappa shape index (κ1) is 13.1. The summed E-state index contributed by atoms with van der Waals surface area (Å²) in [4.78, 5) is 16.0. The third kappa shape index (κ3) is 2.41. The number of hydrogen-bond acceptors (Lipinski definition) is 7. The number of anilines is 1. The molecule has 2 heterocycles. The summed E-state index contributed by atoms with van der Waals surface area (Å²) in [5.74, 6) is 0.137. The molecule has 3 rings (SSSR count). The molecule has 2 aromatic rings. The molecule has 1 aliphatic rings. The van der Waals surface area contributed by atoms with Gasteiger partial charge in [-0.2, -0.15) is 0 Å². The first-order valence-corrected chi connectivity index (χ1v) is 7.02. The first-order chi connectivity index (χ1) is 9.67. The minimum atomic E-state index is -0.411. The Hall–Kier alpha value is -1.86. The zero-order valence-corrected chi connectivity index (χ0v) is 11.7. The summed E-state index contributed by atoms with van der Waals surface area (Å²) in [6.45, 7) is 1.23. The van der Waals surface area contributed by atoms with Gasteiger partial charge >= 0.3 is 5.97 Å². The second kappa shape index (κ2) is 5.26. The van der Waals surface area contributed by atoms with Crippen LogP contribution in [0.1, 0.15) is 16.8 Å². The predicted octanol–water partition coefficient (Wildman–Crippen LogP) is 1.83. The number of fused-ring (bicyclic) bond motifs is 1. The van der Waals surface area contributed by atoms with Gasteiger partial charge in [0.15, 0.2) is 5.13 Å². The fourth-order valence-corrected chi connectivity index (χ4v) is 2.92. The molecule has 0 aliphatic carbocycles. The Bertz CT molecular complexity index is 649. The van der Waals surface area contributed by atoms with Crippen molar-refractivity contribution in [3.05, 3.63) is 17.7 Å². The van der Waals surface area contributed by atoms with Crippen molar-refractivity contribution in [3.63, 3.8) is 0 Å². The summed E-state index contributed by atoms with van der Waals surface area (Å²) in [6, 6.07) is 3.36. The molecule has 1 atom stereocenters. The maximum atomic E-state index is 11.7. The van der Waals surface area contributed by atoms with Crippen LogP contribution in [0.4, 0.5) is 5.13 Å². The van der Waals surface area contributed by atoms with Crippen LogP contribution < -0.4 is 10.5 Å². The lowest BCUT2D eigenvalue weighted by atomic mass is 10.2. The summed E-state index contributed by atoms with van der Waals surface area (Å²) >= 11 is 1.31. The van der Waals surface area contributed by atoms with Gasteiger partial charge in [-0.05, 0) is 12.1 Å². The van der Waals surface area contributed by atoms with Gasteiger partial charge < -0.3 is 19.9 Å². The lowest BCUT2D eigenvalue weighted by Crippen LogP contribution is -2.16. The van der Waals surface area contributed by atoms with E-state index < -0.39 is 5.97 Å². The average Bonchev–Trinajstić information content (AvgIpc) is 3.06. The van der Waals surface area contributed by atoms with E-state index in [2.05, 4.69) is 4.98 Å². The summed E-state index contributed by atoms with van der Waals surface area (Å²) in [7, 11) is 1.35. The van der Waals surface area contributed by atoms with Gasteiger partial charge in [-0.3, -0.25) is 0 Å². The average molecular weight is 294 g/mol. The number of aromatic nitrogens is 1. The highest BCUT2D eigenvalue weighted by atomic mass is 32.1. The lowest BCUT2D eigenvalue weighted by molar-refractivity contribution is 0.0600. The highest BCUT2D eigenvalue weighted by Gasteiger charge is 2.21. The van der Waals surface area contributed by atoms with E-state index in [1.54, 1.807) is 12.1 Å². The van der Waals surface area contributed by atoms with Crippen LogP contribution in [0.2, 0.25) is 0 Å². The van der Waals surface area contributed by atoms with Crippen LogP contribution in [0.5, 0.6) is 5.75 Å². The van der Waals surface area contributed by atoms with Crippen molar-refractivity contribution >= 4 is 32.7 Å². The van der Waals surface area contributed by atoms with Crippen molar-refractivity contribution in [2.75, 3.05) is 26.1 Å². The van der Waals surface area contributed by atoms with E-state index in [1.807, 2.05) is 0 Å². The number of ether oxygens (including phenoxy) is 3. The van der Waals surface area contributed by atoms with E-state index in [9.17, 15) is 4.79 Å². The number of carbonyl (C=O) groups excluding carboxylic acids is 1. The number of carbonyl (C=O) groups is 1. The Labute approximate surface area is 119 Å². The van der Waals surface area contributed by atoms with E-state index in [1.165, 1.54) is 18.4 Å². The molecular weight excluding hydrogens is 280 g/mol. The number of hydrogen-bond donors (Lipinski definition) is 1. The quantitative estimate of drug-likeness (QED) is 0.869. The molecule has 0 spiro atoms. The van der Waals surface area contributed by atoms with E-state index in [4.69, 9.17) is 19.9 Å². The fraction of sp³-hybridized carbons (Fsp3) is 0.385. The molecule has 1 fully saturated rings. The molecule has 1 aliphatic heterocycles. The zero-order valence-electron chi connectivity index (χ0n) is 10.9. The van der Waals surface area contributed by atoms with Gasteiger partial charge in [0, 0.05) is 6.42 Å². The van der Waals surface area contributed by atoms with Crippen LogP contribution in [0.3, 0.4) is 0 Å². The summed E-state index contributed by atoms with van der Waals surface area (Å²) < 4.78 is 16.7. The molecule has 1 aromatic heterocycles. The monoisotopic (exact) mass is 294 g/mol. The Morgan fingerprint density at radius 2 is 2.40 bits per heavy atom. The number of esters is 1. The molecule has 6 nitrogen and oxygen atoms in total. The van der Waals surface area contributed by atoms with Gasteiger partial charge in [-0.1, -0.05) is 11.3 Å². The van der Waals surface area contributed by atoms with Crippen LogP contribution in [-0.4, -0.2) is 37.4 Å². The number of nitrogen functional groups attached to an aromatic ring is 1. The van der Waals surface area contributed by atoms with Gasteiger partial charge in [0.2, 0.25) is 0 Å². The SMILES string of the molecule is COC(=O)c1cc(O[C@H]2CCOC2)c2nc(N)sc2c1. The normalized spacial score (nSPS) is 18.4. The molecular formula is C13H14N2O4S. The van der Waals surface area contributed by atoms with E-state index in [-0.39, 0.29) is 6.10 Å². The zero-order chi connectivity index (χ0) is 14.1. The van der Waals surface area contributed by atoms with Crippen LogP contribution in [-0.2, 0) is 9.47 Å². The molecule has 0 unspecified atom stereocenters. The topological polar surface area (TPSA) is 83.7 Å². The van der Waals surface area contributed by atoms with Crippen LogP contribution in [0.15, 0.2) is 12.1 Å². The van der Waals surface area contributed by atoms with Gasteiger partial charge in [0.25, 0.3) is 0 Å². The minimum absolute atomic E-state index is 0.0194. The molecule has 106 valence electrons. The van der Waals surface area contributed by atoms with Crippen LogP contribution in [0, 0.1) is 0 Å². The molecule has 2 N–H and O–H groups in total. The maximum absolute atomic E-state index is 11.7. The first-order valence-electron chi connectivity index (χ1n) is 6.20. The molecule has 0 amide bonds. The van der Waals surface area contributed by atoms with Gasteiger partial charge in [-0.15, -0.1) is 0 Å². The van der Waals surface area contributed by atoms with E-state index in [0.29, 0.717) is 35.2 Å². The largest absolute Gasteiger partial charge is 0.486 e. The molecule has 0 radical (unpaired) electrons. The third-order valence-electron chi connectivity index (χ3n) is 3.08. The lowest BCUT2D eigenvalue weighted by Gasteiger charge is -2.13. The van der Waals surface area contributed by atoms with Crippen molar-refractivity contribution in [1.29, 1.82) is 0 Å². The standard InChI is InChI=1S/C13H14N2O4S/c1-17-12(16)7-4-9(19-8-2-3-18-6-8)11-10(5-7)20-13(14)15-11/h4-5,8H,2-3,6H2,1H3,(H2,14,15)/t8-/m0/s1. The maximum Gasteiger partial charge on any atom is 0.338 e. The number of thiazole rings is 1. The molecule has 7 heteroatoms. The third-order valence-corrected chi connectivity index (χ3v) is 3.91. The second-order valence-electron chi connectivity index (χ2n) is 4.47. The smallest absolute Gasteiger partial charge is 0.338 e. The number of nitrogens with two attached hydrogens (primary N) is 1. The summed E-state index contributed by atoms with van der Waals surface area (Å²) in [5, 5.41) is 0.439. The van der Waals surface area contributed by atoms with E-state index in [0.717, 1.165) is 11.1 Å². The van der Waals surface area contributed by atoms with Gasteiger partial charge in [0.05, 0.1) is 30.6 Å². The Balaban J connectivity index is 2.04. The molecule has 1 saturated heterocycles. The molecule has 1 aromatic carbocycles. The van der Waals surface area contributed by atoms with Gasteiger partial charge in [-0.25, -0.2) is 9.78 Å². The van der Waals surface area contributed by atoms with Crippen molar-refractivity contribution in [1.82, 2.24) is 4.98 Å². The fourth-order valence-electron chi connectivity index (χ4n) is 2.13. The number of rotatable bonds is 3. The Morgan fingerprint density at radius 1 is 1.55 bits per heavy atom. The number of methoxy groups -OCH3 is 1. The van der Waals surface area contributed by atoms with Crippen LogP contribution >= 0.6 is 11.3 Å². The van der Waals surface area contributed by atoms with Crippen molar-refractivity contribution in [2.45, 2.75) is 12.5 Å². The Morgan fingerprint density at radius 3 is 3.10 bits per heavy atom. The molecule has 20 heavy (non-hydrogen) atoms. The van der Waals surface area contributed by atoms with Gasteiger partial charge in [0.1, 0.15) is 17.4 Å². The number of nitrogens with zero attached hydrogens (tertiary/aromatic N) is 1. The minimum Gasteiger partial charge on any atom is -0.486 e. The highest BCUT2D eigenvalue weighted by molar-refractivity contribution is 7.22. The highest BCUT2D eigenvalue weighted by Crippen LogP contribution is 2.34. The Kier molecular flexibility index (Phi) is 3.45. The second-order valence-corrected chi connectivity index (χ2v) is 5.53. The predicted molar refractivity (Wildman–Crippen MR) is 75.2 cm³/mol. The molecule has 0 saturated carbocycles. The van der Waals surface area contributed by atoms with E-state index >= 15 is 0 Å². The summed E-state index contributed by atoms with van der Waals surface area (Å²) in [5.41, 5.74) is 6.84. The van der Waals surface area contributed by atoms with Crippen molar-refractivity contribution in [3.8, 4) is 5.75 Å².